The van der Waals surface area contributed by atoms with Crippen LogP contribution in [0.2, 0.25) is 0 Å². The number of likely N-dealkylation sites (tertiary alicyclic amines) is 1. The Balaban J connectivity index is 0.00000320. The van der Waals surface area contributed by atoms with E-state index in [1.807, 2.05) is 0 Å². The van der Waals surface area contributed by atoms with E-state index in [-0.39, 0.29) is 24.0 Å². The van der Waals surface area contributed by atoms with Gasteiger partial charge in [-0.15, -0.1) is 46.7 Å². The highest BCUT2D eigenvalue weighted by Crippen LogP contribution is 2.30. The number of aliphatic imine (C=N–C) groups is 1. The number of halogens is 4. The average Bonchev–Trinajstić information content (AvgIpc) is 3.36. The van der Waals surface area contributed by atoms with Crippen molar-refractivity contribution in [1.82, 2.24) is 20.5 Å². The van der Waals surface area contributed by atoms with Gasteiger partial charge in [0.1, 0.15) is 0 Å². The molecular weight excluding hydrogens is 546 g/mol. The SMILES string of the molecule is CN=C(NCCc1nc(C(F)(F)F)cs1)NCC1CCCN(Cc2cccs2)C1.I. The molecule has 1 atom stereocenters. The average molecular weight is 573 g/mol. The molecule has 0 aromatic carbocycles. The molecule has 1 aliphatic heterocycles. The van der Waals surface area contributed by atoms with Crippen molar-refractivity contribution >= 4 is 52.6 Å². The summed E-state index contributed by atoms with van der Waals surface area (Å²) >= 11 is 2.83. The van der Waals surface area contributed by atoms with Gasteiger partial charge in [0.15, 0.2) is 11.7 Å². The fourth-order valence-electron chi connectivity index (χ4n) is 3.39. The predicted molar refractivity (Wildman–Crippen MR) is 128 cm³/mol. The first kappa shape index (κ1) is 25.3. The number of alkyl halides is 3. The summed E-state index contributed by atoms with van der Waals surface area (Å²) in [5, 5.41) is 10.2. The molecule has 2 N–H and O–H groups in total. The molecular formula is C19H27F3IN5S2. The fourth-order valence-corrected chi connectivity index (χ4v) is 4.94. The molecule has 1 aliphatic rings. The number of hydrogen-bond acceptors (Lipinski definition) is 5. The third-order valence-corrected chi connectivity index (χ3v) is 6.59. The molecule has 0 aliphatic carbocycles. The van der Waals surface area contributed by atoms with Gasteiger partial charge in [-0.25, -0.2) is 4.98 Å². The van der Waals surface area contributed by atoms with Crippen molar-refractivity contribution in [3.63, 3.8) is 0 Å². The van der Waals surface area contributed by atoms with E-state index in [0.717, 1.165) is 42.9 Å². The molecule has 0 radical (unpaired) electrons. The summed E-state index contributed by atoms with van der Waals surface area (Å²) in [6, 6.07) is 4.27. The van der Waals surface area contributed by atoms with E-state index in [9.17, 15) is 13.2 Å². The highest BCUT2D eigenvalue weighted by molar-refractivity contribution is 14.0. The van der Waals surface area contributed by atoms with E-state index in [4.69, 9.17) is 0 Å². The number of guanidine groups is 1. The Morgan fingerprint density at radius 3 is 2.83 bits per heavy atom. The second-order valence-electron chi connectivity index (χ2n) is 7.08. The maximum atomic E-state index is 12.6. The van der Waals surface area contributed by atoms with Crippen LogP contribution >= 0.6 is 46.7 Å². The number of aromatic nitrogens is 1. The van der Waals surface area contributed by atoms with Crippen LogP contribution in [0.3, 0.4) is 0 Å². The molecule has 1 saturated heterocycles. The van der Waals surface area contributed by atoms with Crippen molar-refractivity contribution in [3.05, 3.63) is 38.5 Å². The normalized spacial score (nSPS) is 18.1. The summed E-state index contributed by atoms with van der Waals surface area (Å²) in [5.74, 6) is 1.23. The first-order chi connectivity index (χ1) is 13.9. The number of nitrogens with zero attached hydrogens (tertiary/aromatic N) is 3. The van der Waals surface area contributed by atoms with Gasteiger partial charge in [-0.1, -0.05) is 6.07 Å². The summed E-state index contributed by atoms with van der Waals surface area (Å²) < 4.78 is 37.8. The van der Waals surface area contributed by atoms with Crippen molar-refractivity contribution in [2.24, 2.45) is 10.9 Å². The summed E-state index contributed by atoms with van der Waals surface area (Å²) in [4.78, 5) is 11.8. The molecule has 2 aromatic rings. The molecule has 168 valence electrons. The van der Waals surface area contributed by atoms with Gasteiger partial charge in [-0.2, -0.15) is 13.2 Å². The van der Waals surface area contributed by atoms with Crippen LogP contribution in [-0.4, -0.2) is 49.1 Å². The lowest BCUT2D eigenvalue weighted by molar-refractivity contribution is -0.140. The zero-order chi connectivity index (χ0) is 20.7. The van der Waals surface area contributed by atoms with Crippen molar-refractivity contribution in [2.75, 3.05) is 33.2 Å². The lowest BCUT2D eigenvalue weighted by Crippen LogP contribution is -2.44. The van der Waals surface area contributed by atoms with E-state index in [1.54, 1.807) is 18.4 Å². The molecule has 30 heavy (non-hydrogen) atoms. The van der Waals surface area contributed by atoms with Gasteiger partial charge in [-0.05, 0) is 36.8 Å². The number of thiazole rings is 1. The molecule has 0 spiro atoms. The molecule has 11 heteroatoms. The topological polar surface area (TPSA) is 52.6 Å². The van der Waals surface area contributed by atoms with Crippen molar-refractivity contribution < 1.29 is 13.2 Å². The van der Waals surface area contributed by atoms with Gasteiger partial charge >= 0.3 is 6.18 Å². The van der Waals surface area contributed by atoms with E-state index < -0.39 is 11.9 Å². The molecule has 3 rings (SSSR count). The third-order valence-electron chi connectivity index (χ3n) is 4.82. The Morgan fingerprint density at radius 2 is 2.17 bits per heavy atom. The molecule has 0 saturated carbocycles. The fraction of sp³-hybridized carbons (Fsp3) is 0.579. The number of thiophene rings is 1. The lowest BCUT2D eigenvalue weighted by Gasteiger charge is -2.32. The van der Waals surface area contributed by atoms with E-state index >= 15 is 0 Å². The number of nitrogens with one attached hydrogen (secondary N) is 2. The second kappa shape index (κ2) is 12.2. The zero-order valence-electron chi connectivity index (χ0n) is 16.7. The third kappa shape index (κ3) is 7.97. The van der Waals surface area contributed by atoms with Gasteiger partial charge in [0, 0.05) is 49.9 Å². The van der Waals surface area contributed by atoms with Crippen LogP contribution in [0.15, 0.2) is 27.9 Å². The monoisotopic (exact) mass is 573 g/mol. The highest BCUT2D eigenvalue weighted by Gasteiger charge is 2.33. The minimum Gasteiger partial charge on any atom is -0.356 e. The van der Waals surface area contributed by atoms with Crippen LogP contribution in [0.5, 0.6) is 0 Å². The smallest absolute Gasteiger partial charge is 0.356 e. The minimum atomic E-state index is -4.38. The number of piperidine rings is 1. The Bertz CT molecular complexity index is 779. The van der Waals surface area contributed by atoms with Crippen LogP contribution in [0.4, 0.5) is 13.2 Å². The van der Waals surface area contributed by atoms with Crippen LogP contribution in [0.25, 0.3) is 0 Å². The zero-order valence-corrected chi connectivity index (χ0v) is 20.7. The second-order valence-corrected chi connectivity index (χ2v) is 9.05. The molecule has 5 nitrogen and oxygen atoms in total. The van der Waals surface area contributed by atoms with E-state index in [0.29, 0.717) is 29.9 Å². The minimum absolute atomic E-state index is 0. The summed E-state index contributed by atoms with van der Waals surface area (Å²) in [6.45, 7) is 4.51. The Labute approximate surface area is 200 Å². The molecule has 0 bridgehead atoms. The van der Waals surface area contributed by atoms with Gasteiger partial charge in [0.05, 0.1) is 5.01 Å². The van der Waals surface area contributed by atoms with Crippen molar-refractivity contribution in [2.45, 2.75) is 32.0 Å². The maximum Gasteiger partial charge on any atom is 0.434 e. The summed E-state index contributed by atoms with van der Waals surface area (Å²) in [6.07, 6.45) is -1.57. The largest absolute Gasteiger partial charge is 0.434 e. The molecule has 1 fully saturated rings. The number of hydrogen-bond donors (Lipinski definition) is 2. The summed E-state index contributed by atoms with van der Waals surface area (Å²) in [5.41, 5.74) is -0.815. The van der Waals surface area contributed by atoms with E-state index in [1.165, 1.54) is 17.7 Å². The molecule has 3 heterocycles. The Hall–Kier alpha value is -0.920. The summed E-state index contributed by atoms with van der Waals surface area (Å²) in [7, 11) is 1.70. The number of rotatable bonds is 7. The molecule has 0 amide bonds. The van der Waals surface area contributed by atoms with Crippen LogP contribution in [-0.2, 0) is 19.1 Å². The van der Waals surface area contributed by atoms with Gasteiger partial charge in [0.2, 0.25) is 0 Å². The van der Waals surface area contributed by atoms with Crippen LogP contribution in [0.1, 0.15) is 28.4 Å². The molecule has 1 unspecified atom stereocenters. The van der Waals surface area contributed by atoms with Gasteiger partial charge in [0.25, 0.3) is 0 Å². The Kier molecular flexibility index (Phi) is 10.3. The van der Waals surface area contributed by atoms with Gasteiger partial charge in [-0.3, -0.25) is 9.89 Å². The van der Waals surface area contributed by atoms with Crippen molar-refractivity contribution in [3.8, 4) is 0 Å². The first-order valence-corrected chi connectivity index (χ1v) is 11.4. The first-order valence-electron chi connectivity index (χ1n) is 9.65. The molecule has 2 aromatic heterocycles. The van der Waals surface area contributed by atoms with E-state index in [2.05, 4.69) is 43.0 Å². The van der Waals surface area contributed by atoms with Crippen LogP contribution < -0.4 is 10.6 Å². The quantitative estimate of drug-likeness (QED) is 0.292. The van der Waals surface area contributed by atoms with Gasteiger partial charge < -0.3 is 10.6 Å². The Morgan fingerprint density at radius 1 is 1.33 bits per heavy atom. The maximum absolute atomic E-state index is 12.6. The highest BCUT2D eigenvalue weighted by atomic mass is 127. The standard InChI is InChI=1S/C19H26F3N5S2.HI/c1-23-18(24-7-6-17-26-16(13-29-17)19(20,21)22)25-10-14-4-2-8-27(11-14)12-15-5-3-9-28-15;/h3,5,9,13-14H,2,4,6-8,10-12H2,1H3,(H2,23,24,25);1H. The predicted octanol–water partition coefficient (Wildman–Crippen LogP) is 4.46. The lowest BCUT2D eigenvalue weighted by atomic mass is 9.98. The van der Waals surface area contributed by atoms with Crippen molar-refractivity contribution in [1.29, 1.82) is 0 Å². The van der Waals surface area contributed by atoms with Crippen LogP contribution in [0, 0.1) is 5.92 Å².